The van der Waals surface area contributed by atoms with Gasteiger partial charge in [-0.05, 0) is 57.4 Å². The molecule has 402 valence electrons. The second-order valence-corrected chi connectivity index (χ2v) is 22.6. The fourth-order valence-electron chi connectivity index (χ4n) is 8.58. The van der Waals surface area contributed by atoms with Crippen LogP contribution in [-0.4, -0.2) is 69.4 Å². The molecule has 1 amide bonds. The van der Waals surface area contributed by atoms with Crippen LogP contribution in [0.2, 0.25) is 0 Å². The van der Waals surface area contributed by atoms with Crippen LogP contribution in [0.3, 0.4) is 0 Å². The van der Waals surface area contributed by atoms with Gasteiger partial charge < -0.3 is 28.5 Å². The molecule has 0 aliphatic heterocycles. The first kappa shape index (κ1) is 66.5. The minimum absolute atomic E-state index is 0.0211. The lowest BCUT2D eigenvalue weighted by atomic mass is 10.0. The highest BCUT2D eigenvalue weighted by atomic mass is 31.2. The third-order valence-corrected chi connectivity index (χ3v) is 14.1. The normalized spacial score (nSPS) is 13.9. The van der Waals surface area contributed by atoms with E-state index in [-0.39, 0.29) is 31.5 Å². The Morgan fingerprint density at radius 2 is 0.853 bits per heavy atom. The smallest absolute Gasteiger partial charge is 0.306 e. The van der Waals surface area contributed by atoms with Crippen LogP contribution in [0, 0.1) is 0 Å². The van der Waals surface area contributed by atoms with Crippen molar-refractivity contribution in [2.45, 2.75) is 296 Å². The third kappa shape index (κ3) is 49.5. The topological polar surface area (TPSA) is 114 Å². The molecule has 0 heterocycles. The van der Waals surface area contributed by atoms with E-state index in [1.165, 1.54) is 180 Å². The number of esters is 1. The summed E-state index contributed by atoms with van der Waals surface area (Å²) >= 11 is 0. The number of nitrogens with zero attached hydrogens (tertiary/aromatic N) is 1. The summed E-state index contributed by atoms with van der Waals surface area (Å²) in [5, 5.41) is 3.02. The van der Waals surface area contributed by atoms with Gasteiger partial charge in [0, 0.05) is 12.8 Å². The number of likely N-dealkylation sites (N-methyl/N-ethyl adjacent to an activating group) is 1. The van der Waals surface area contributed by atoms with E-state index in [1.54, 1.807) is 0 Å². The molecule has 0 aromatic carbocycles. The zero-order valence-corrected chi connectivity index (χ0v) is 46.7. The summed E-state index contributed by atoms with van der Waals surface area (Å²) in [7, 11) is 1.19. The molecule has 0 fully saturated rings. The van der Waals surface area contributed by atoms with E-state index in [2.05, 4.69) is 38.2 Å². The van der Waals surface area contributed by atoms with Gasteiger partial charge in [0.1, 0.15) is 19.3 Å². The van der Waals surface area contributed by atoms with Crippen molar-refractivity contribution in [2.75, 3.05) is 40.9 Å². The van der Waals surface area contributed by atoms with Crippen molar-refractivity contribution in [2.24, 2.45) is 0 Å². The van der Waals surface area contributed by atoms with E-state index in [0.29, 0.717) is 23.9 Å². The molecule has 0 bridgehead atoms. The Bertz CT molecular complexity index is 1220. The number of carbonyl (C=O) groups excluding carboxylic acids is 2. The van der Waals surface area contributed by atoms with Crippen LogP contribution < -0.4 is 10.2 Å². The average Bonchev–Trinajstić information content (AvgIpc) is 3.29. The lowest BCUT2D eigenvalue weighted by Gasteiger charge is -2.30. The summed E-state index contributed by atoms with van der Waals surface area (Å²) in [6.45, 7) is 6.85. The Balaban J connectivity index is 5.31. The van der Waals surface area contributed by atoms with Crippen LogP contribution in [-0.2, 0) is 27.9 Å². The number of amides is 1. The quantitative estimate of drug-likeness (QED) is 0.0212. The van der Waals surface area contributed by atoms with Gasteiger partial charge in [-0.3, -0.25) is 14.2 Å². The number of ether oxygens (including phenoxy) is 1. The van der Waals surface area contributed by atoms with Crippen LogP contribution in [0.15, 0.2) is 24.3 Å². The van der Waals surface area contributed by atoms with E-state index in [0.717, 1.165) is 64.2 Å². The highest BCUT2D eigenvalue weighted by molar-refractivity contribution is 7.45. The van der Waals surface area contributed by atoms with Gasteiger partial charge in [-0.25, -0.2) is 0 Å². The third-order valence-electron chi connectivity index (χ3n) is 13.1. The van der Waals surface area contributed by atoms with Gasteiger partial charge in [-0.1, -0.05) is 238 Å². The van der Waals surface area contributed by atoms with Crippen molar-refractivity contribution in [3.05, 3.63) is 24.3 Å². The lowest BCUT2D eigenvalue weighted by molar-refractivity contribution is -0.870. The maximum Gasteiger partial charge on any atom is 0.306 e. The molecule has 0 radical (unpaired) electrons. The highest BCUT2D eigenvalue weighted by Gasteiger charge is 2.27. The maximum atomic E-state index is 13.5. The van der Waals surface area contributed by atoms with E-state index >= 15 is 0 Å². The molecule has 0 saturated heterocycles. The first-order valence-corrected chi connectivity index (χ1v) is 30.6. The standard InChI is InChI=1S/C58H113N2O7P/c1-7-10-13-16-19-22-25-28-29-30-31-33-35-38-41-44-47-50-57(61)59-55(54-66-68(63,64)65-53-52-60(4,5)6)56(49-46-43-40-37-34-27-24-21-18-15-12-9-3)67-58(62)51-48-45-42-39-36-32-26-23-20-17-14-11-8-2/h32,36,46,49,55-56H,7-31,33-35,37-45,47-48,50-54H2,1-6H3,(H-,59,61,63,64)/b36-32-,49-46+. The maximum absolute atomic E-state index is 13.5. The van der Waals surface area contributed by atoms with Crippen LogP contribution in [0.1, 0.15) is 284 Å². The van der Waals surface area contributed by atoms with Crippen molar-refractivity contribution in [3.63, 3.8) is 0 Å². The van der Waals surface area contributed by atoms with E-state index < -0.39 is 20.0 Å². The van der Waals surface area contributed by atoms with Gasteiger partial charge >= 0.3 is 5.97 Å². The van der Waals surface area contributed by atoms with Crippen molar-refractivity contribution in [3.8, 4) is 0 Å². The van der Waals surface area contributed by atoms with E-state index in [4.69, 9.17) is 13.8 Å². The van der Waals surface area contributed by atoms with Crippen molar-refractivity contribution in [1.29, 1.82) is 0 Å². The number of unbranched alkanes of at least 4 members (excludes halogenated alkanes) is 35. The molecule has 68 heavy (non-hydrogen) atoms. The van der Waals surface area contributed by atoms with E-state index in [1.807, 2.05) is 33.3 Å². The SMILES string of the molecule is CCCCCCCC/C=C\CCCCCC(=O)OC(/C=C/CCCCCCCCCCCC)C(COP(=O)([O-])OCC[N+](C)(C)C)NC(=O)CCCCCCCCCCCCCCCCCCC. The van der Waals surface area contributed by atoms with Gasteiger partial charge in [0.05, 0.1) is 33.8 Å². The second-order valence-electron chi connectivity index (χ2n) is 21.2. The molecule has 0 aromatic heterocycles. The Labute approximate surface area is 422 Å². The monoisotopic (exact) mass is 981 g/mol. The summed E-state index contributed by atoms with van der Waals surface area (Å²) in [6.07, 6.45) is 55.7. The number of rotatable bonds is 53. The number of hydrogen-bond acceptors (Lipinski definition) is 7. The van der Waals surface area contributed by atoms with Gasteiger partial charge in [0.15, 0.2) is 0 Å². The summed E-state index contributed by atoms with van der Waals surface area (Å²) in [4.78, 5) is 39.8. The van der Waals surface area contributed by atoms with Gasteiger partial charge in [0.2, 0.25) is 5.91 Å². The summed E-state index contributed by atoms with van der Waals surface area (Å²) in [6, 6.07) is -0.887. The number of allylic oxidation sites excluding steroid dienone is 3. The Kier molecular flexibility index (Phi) is 48.0. The van der Waals surface area contributed by atoms with Crippen LogP contribution in [0.25, 0.3) is 0 Å². The molecule has 0 saturated carbocycles. The number of nitrogens with one attached hydrogen (secondary N) is 1. The minimum atomic E-state index is -4.69. The highest BCUT2D eigenvalue weighted by Crippen LogP contribution is 2.38. The number of phosphoric ester groups is 1. The lowest BCUT2D eigenvalue weighted by Crippen LogP contribution is -2.47. The fourth-order valence-corrected chi connectivity index (χ4v) is 9.30. The molecular formula is C58H113N2O7P. The van der Waals surface area contributed by atoms with Gasteiger partial charge in [-0.2, -0.15) is 0 Å². The summed E-state index contributed by atoms with van der Waals surface area (Å²) < 4.78 is 30.2. The molecule has 0 spiro atoms. The number of quaternary nitrogens is 1. The number of phosphoric acid groups is 1. The molecule has 1 N–H and O–H groups in total. The molecule has 3 atom stereocenters. The second kappa shape index (κ2) is 49.1. The Hall–Kier alpha value is -1.51. The molecular weight excluding hydrogens is 868 g/mol. The molecule has 9 nitrogen and oxygen atoms in total. The fraction of sp³-hybridized carbons (Fsp3) is 0.897. The van der Waals surface area contributed by atoms with Crippen molar-refractivity contribution < 1.29 is 37.3 Å². The Morgan fingerprint density at radius 1 is 0.500 bits per heavy atom. The average molecular weight is 982 g/mol. The number of hydrogen-bond donors (Lipinski definition) is 1. The molecule has 0 aliphatic rings. The van der Waals surface area contributed by atoms with E-state index in [9.17, 15) is 19.0 Å². The first-order valence-electron chi connectivity index (χ1n) is 29.1. The molecule has 0 aliphatic carbocycles. The first-order chi connectivity index (χ1) is 32.9. The van der Waals surface area contributed by atoms with Crippen LogP contribution in [0.5, 0.6) is 0 Å². The van der Waals surface area contributed by atoms with Crippen LogP contribution in [0.4, 0.5) is 0 Å². The summed E-state index contributed by atoms with van der Waals surface area (Å²) in [5.74, 6) is -0.547. The predicted octanol–water partition coefficient (Wildman–Crippen LogP) is 16.8. The molecule has 0 rings (SSSR count). The molecule has 10 heteroatoms. The molecule has 3 unspecified atom stereocenters. The largest absolute Gasteiger partial charge is 0.756 e. The number of carbonyl (C=O) groups is 2. The van der Waals surface area contributed by atoms with Crippen LogP contribution >= 0.6 is 7.82 Å². The minimum Gasteiger partial charge on any atom is -0.756 e. The van der Waals surface area contributed by atoms with Crippen molar-refractivity contribution >= 4 is 19.7 Å². The molecule has 0 aromatic rings. The zero-order valence-electron chi connectivity index (χ0n) is 45.8. The van der Waals surface area contributed by atoms with Gasteiger partial charge in [-0.15, -0.1) is 0 Å². The van der Waals surface area contributed by atoms with Crippen molar-refractivity contribution in [1.82, 2.24) is 5.32 Å². The van der Waals surface area contributed by atoms with Gasteiger partial charge in [0.25, 0.3) is 7.82 Å². The Morgan fingerprint density at radius 3 is 1.26 bits per heavy atom. The summed E-state index contributed by atoms with van der Waals surface area (Å²) in [5.41, 5.74) is 0. The predicted molar refractivity (Wildman–Crippen MR) is 289 cm³/mol. The zero-order chi connectivity index (χ0) is 50.1.